The van der Waals surface area contributed by atoms with Gasteiger partial charge in [0.25, 0.3) is 5.91 Å². The van der Waals surface area contributed by atoms with Crippen molar-refractivity contribution < 1.29 is 14.3 Å². The Kier molecular flexibility index (Phi) is 4.57. The van der Waals surface area contributed by atoms with E-state index in [0.717, 1.165) is 34.0 Å². The normalized spacial score (nSPS) is 16.1. The van der Waals surface area contributed by atoms with Crippen LogP contribution in [0.25, 0.3) is 0 Å². The van der Waals surface area contributed by atoms with E-state index in [-0.39, 0.29) is 17.4 Å². The number of methoxy groups -OCH3 is 2. The number of aromatic amines is 1. The summed E-state index contributed by atoms with van der Waals surface area (Å²) in [6.45, 7) is 6.34. The Labute approximate surface area is 170 Å². The summed E-state index contributed by atoms with van der Waals surface area (Å²) >= 11 is 0. The molecule has 4 rings (SSSR count). The molecule has 1 N–H and O–H groups in total. The van der Waals surface area contributed by atoms with Crippen LogP contribution in [0, 0.1) is 0 Å². The first kappa shape index (κ1) is 19.1. The topological polar surface area (TPSA) is 67.5 Å². The molecule has 1 amide bonds. The van der Waals surface area contributed by atoms with E-state index in [1.807, 2.05) is 48.5 Å². The van der Waals surface area contributed by atoms with E-state index in [4.69, 9.17) is 9.47 Å². The lowest BCUT2D eigenvalue weighted by Crippen LogP contribution is -2.30. The van der Waals surface area contributed by atoms with Crippen molar-refractivity contribution in [2.45, 2.75) is 32.2 Å². The van der Waals surface area contributed by atoms with E-state index >= 15 is 0 Å². The molecule has 1 unspecified atom stereocenters. The second kappa shape index (κ2) is 6.95. The SMILES string of the molecule is COc1ccc(N2C(=O)c3n[nH]c(C(C)(C)C)c3C2c2ccccc2OC)cc1. The zero-order valence-corrected chi connectivity index (χ0v) is 17.3. The number of nitrogens with one attached hydrogen (secondary N) is 1. The maximum atomic E-state index is 13.4. The van der Waals surface area contributed by atoms with Gasteiger partial charge in [-0.3, -0.25) is 14.8 Å². The Morgan fingerprint density at radius 1 is 1.00 bits per heavy atom. The number of H-pyrrole nitrogens is 1. The van der Waals surface area contributed by atoms with Crippen molar-refractivity contribution in [2.24, 2.45) is 0 Å². The molecular weight excluding hydrogens is 366 g/mol. The van der Waals surface area contributed by atoms with Crippen LogP contribution >= 0.6 is 0 Å². The van der Waals surface area contributed by atoms with Gasteiger partial charge in [-0.2, -0.15) is 5.10 Å². The fourth-order valence-electron chi connectivity index (χ4n) is 3.91. The lowest BCUT2D eigenvalue weighted by Gasteiger charge is -2.29. The number of rotatable bonds is 4. The molecule has 3 aromatic rings. The van der Waals surface area contributed by atoms with Crippen LogP contribution in [0.5, 0.6) is 11.5 Å². The molecule has 1 atom stereocenters. The van der Waals surface area contributed by atoms with Crippen molar-refractivity contribution in [3.63, 3.8) is 0 Å². The fraction of sp³-hybridized carbons (Fsp3) is 0.304. The molecule has 2 heterocycles. The van der Waals surface area contributed by atoms with Crippen molar-refractivity contribution in [1.29, 1.82) is 0 Å². The lowest BCUT2D eigenvalue weighted by molar-refractivity contribution is 0.0988. The highest BCUT2D eigenvalue weighted by molar-refractivity contribution is 6.10. The van der Waals surface area contributed by atoms with Crippen molar-refractivity contribution in [3.8, 4) is 11.5 Å². The molecule has 6 nitrogen and oxygen atoms in total. The largest absolute Gasteiger partial charge is 0.497 e. The minimum atomic E-state index is -0.338. The van der Waals surface area contributed by atoms with E-state index in [2.05, 4.69) is 31.0 Å². The van der Waals surface area contributed by atoms with Crippen LogP contribution in [0.15, 0.2) is 48.5 Å². The summed E-state index contributed by atoms with van der Waals surface area (Å²) in [6, 6.07) is 15.0. The van der Waals surface area contributed by atoms with Gasteiger partial charge in [0, 0.05) is 27.9 Å². The van der Waals surface area contributed by atoms with E-state index in [9.17, 15) is 4.79 Å². The maximum Gasteiger partial charge on any atom is 0.280 e. The Morgan fingerprint density at radius 2 is 1.69 bits per heavy atom. The lowest BCUT2D eigenvalue weighted by atomic mass is 9.85. The van der Waals surface area contributed by atoms with Gasteiger partial charge in [-0.05, 0) is 30.3 Å². The van der Waals surface area contributed by atoms with Crippen molar-refractivity contribution in [1.82, 2.24) is 10.2 Å². The first-order valence-electron chi connectivity index (χ1n) is 9.56. The molecule has 2 aromatic carbocycles. The number of nitrogens with zero attached hydrogens (tertiary/aromatic N) is 2. The monoisotopic (exact) mass is 391 g/mol. The molecular formula is C23H25N3O3. The molecule has 0 spiro atoms. The van der Waals surface area contributed by atoms with Crippen molar-refractivity contribution >= 4 is 11.6 Å². The third kappa shape index (κ3) is 3.05. The zero-order chi connectivity index (χ0) is 20.8. The van der Waals surface area contributed by atoms with Crippen LogP contribution in [0.2, 0.25) is 0 Å². The highest BCUT2D eigenvalue weighted by Gasteiger charge is 2.45. The molecule has 1 aliphatic heterocycles. The highest BCUT2D eigenvalue weighted by atomic mass is 16.5. The van der Waals surface area contributed by atoms with Gasteiger partial charge < -0.3 is 9.47 Å². The number of ether oxygens (including phenoxy) is 2. The Bertz CT molecular complexity index is 1050. The van der Waals surface area contributed by atoms with Gasteiger partial charge in [0.15, 0.2) is 5.69 Å². The van der Waals surface area contributed by atoms with Crippen LogP contribution in [0.4, 0.5) is 5.69 Å². The number of carbonyl (C=O) groups excluding carboxylic acids is 1. The maximum absolute atomic E-state index is 13.4. The molecule has 0 fully saturated rings. The van der Waals surface area contributed by atoms with Crippen LogP contribution in [0.1, 0.15) is 54.1 Å². The predicted octanol–water partition coefficient (Wildman–Crippen LogP) is 4.47. The number of para-hydroxylation sites is 1. The van der Waals surface area contributed by atoms with Gasteiger partial charge >= 0.3 is 0 Å². The third-order valence-electron chi connectivity index (χ3n) is 5.29. The number of fused-ring (bicyclic) bond motifs is 1. The van der Waals surface area contributed by atoms with Crippen LogP contribution in [-0.2, 0) is 5.41 Å². The Morgan fingerprint density at radius 3 is 2.31 bits per heavy atom. The molecule has 29 heavy (non-hydrogen) atoms. The molecule has 0 saturated carbocycles. The van der Waals surface area contributed by atoms with E-state index in [1.54, 1.807) is 19.1 Å². The zero-order valence-electron chi connectivity index (χ0n) is 17.3. The Balaban J connectivity index is 1.95. The number of amides is 1. The number of hydrogen-bond donors (Lipinski definition) is 1. The predicted molar refractivity (Wildman–Crippen MR) is 112 cm³/mol. The first-order valence-corrected chi connectivity index (χ1v) is 9.56. The third-order valence-corrected chi connectivity index (χ3v) is 5.29. The standard InChI is InChI=1S/C23H25N3O3/c1-23(2,3)21-18-19(24-25-21)22(27)26(14-10-12-15(28-4)13-11-14)20(18)16-8-6-7-9-17(16)29-5/h6-13,20H,1-5H3,(H,24,25). The van der Waals surface area contributed by atoms with Gasteiger partial charge in [-0.15, -0.1) is 0 Å². The molecule has 1 aromatic heterocycles. The molecule has 6 heteroatoms. The number of anilines is 1. The second-order valence-corrected chi connectivity index (χ2v) is 8.13. The van der Waals surface area contributed by atoms with Crippen LogP contribution in [-0.4, -0.2) is 30.3 Å². The van der Waals surface area contributed by atoms with Gasteiger partial charge in [-0.25, -0.2) is 0 Å². The Hall–Kier alpha value is -3.28. The number of benzene rings is 2. The van der Waals surface area contributed by atoms with E-state index in [0.29, 0.717) is 5.69 Å². The van der Waals surface area contributed by atoms with E-state index < -0.39 is 0 Å². The molecule has 0 saturated heterocycles. The number of carbonyl (C=O) groups is 1. The minimum Gasteiger partial charge on any atom is -0.497 e. The van der Waals surface area contributed by atoms with Crippen molar-refractivity contribution in [2.75, 3.05) is 19.1 Å². The van der Waals surface area contributed by atoms with Gasteiger partial charge in [0.05, 0.1) is 20.3 Å². The van der Waals surface area contributed by atoms with Gasteiger partial charge in [0.1, 0.15) is 11.5 Å². The fourth-order valence-corrected chi connectivity index (χ4v) is 3.91. The van der Waals surface area contributed by atoms with E-state index in [1.165, 1.54) is 0 Å². The summed E-state index contributed by atoms with van der Waals surface area (Å²) in [5, 5.41) is 7.52. The summed E-state index contributed by atoms with van der Waals surface area (Å²) in [4.78, 5) is 15.2. The smallest absolute Gasteiger partial charge is 0.280 e. The quantitative estimate of drug-likeness (QED) is 0.712. The first-order chi connectivity index (χ1) is 13.9. The summed E-state index contributed by atoms with van der Waals surface area (Å²) in [7, 11) is 3.27. The van der Waals surface area contributed by atoms with Crippen molar-refractivity contribution in [3.05, 3.63) is 71.0 Å². The highest BCUT2D eigenvalue weighted by Crippen LogP contribution is 2.47. The second-order valence-electron chi connectivity index (χ2n) is 8.13. The van der Waals surface area contributed by atoms with Gasteiger partial charge in [-0.1, -0.05) is 39.0 Å². The minimum absolute atomic E-state index is 0.132. The molecule has 0 radical (unpaired) electrons. The van der Waals surface area contributed by atoms with Crippen LogP contribution < -0.4 is 14.4 Å². The molecule has 150 valence electrons. The molecule has 0 bridgehead atoms. The molecule has 0 aliphatic carbocycles. The summed E-state index contributed by atoms with van der Waals surface area (Å²) < 4.78 is 10.9. The van der Waals surface area contributed by atoms with Crippen LogP contribution in [0.3, 0.4) is 0 Å². The summed E-state index contributed by atoms with van der Waals surface area (Å²) in [5.74, 6) is 1.34. The average Bonchev–Trinajstić information content (AvgIpc) is 3.27. The summed E-state index contributed by atoms with van der Waals surface area (Å²) in [6.07, 6.45) is 0. The number of aromatic nitrogens is 2. The average molecular weight is 391 g/mol. The van der Waals surface area contributed by atoms with Gasteiger partial charge in [0.2, 0.25) is 0 Å². The summed E-state index contributed by atoms with van der Waals surface area (Å²) in [5.41, 5.74) is 3.82. The number of hydrogen-bond acceptors (Lipinski definition) is 4. The molecule has 1 aliphatic rings.